The van der Waals surface area contributed by atoms with Crippen molar-refractivity contribution in [2.75, 3.05) is 31.1 Å². The molecule has 0 radical (unpaired) electrons. The van der Waals surface area contributed by atoms with Crippen LogP contribution in [0.5, 0.6) is 0 Å². The maximum atomic E-state index is 12.1. The van der Waals surface area contributed by atoms with Crippen LogP contribution in [-0.2, 0) is 14.3 Å². The standard InChI is InChI=1S/C15H19N3O3/c1-2-21-15(20)8-10-17-12-14(19)18(11-9-16)13-6-4-3-5-7-13/h3-7,17H,2,8,10-12H2,1H3. The molecule has 0 unspecified atom stereocenters. The molecular weight excluding hydrogens is 270 g/mol. The number of hydrogen-bond acceptors (Lipinski definition) is 5. The van der Waals surface area contributed by atoms with E-state index >= 15 is 0 Å². The first-order valence-electron chi connectivity index (χ1n) is 6.77. The molecule has 1 rings (SSSR count). The van der Waals surface area contributed by atoms with E-state index < -0.39 is 0 Å². The molecule has 1 N–H and O–H groups in total. The van der Waals surface area contributed by atoms with Gasteiger partial charge < -0.3 is 10.1 Å². The highest BCUT2D eigenvalue weighted by Crippen LogP contribution is 2.12. The van der Waals surface area contributed by atoms with Gasteiger partial charge in [-0.05, 0) is 19.1 Å². The summed E-state index contributed by atoms with van der Waals surface area (Å²) in [5.74, 6) is -0.513. The fourth-order valence-electron chi connectivity index (χ4n) is 1.72. The summed E-state index contributed by atoms with van der Waals surface area (Å²) in [4.78, 5) is 24.6. The number of benzene rings is 1. The van der Waals surface area contributed by atoms with E-state index in [1.165, 1.54) is 4.90 Å². The van der Waals surface area contributed by atoms with Crippen molar-refractivity contribution in [1.29, 1.82) is 5.26 Å². The summed E-state index contributed by atoms with van der Waals surface area (Å²) in [6.07, 6.45) is 0.213. The summed E-state index contributed by atoms with van der Waals surface area (Å²) >= 11 is 0. The number of anilines is 1. The Morgan fingerprint density at radius 2 is 2.05 bits per heavy atom. The van der Waals surface area contributed by atoms with Gasteiger partial charge in [-0.2, -0.15) is 5.26 Å². The summed E-state index contributed by atoms with van der Waals surface area (Å²) in [6.45, 7) is 2.51. The Morgan fingerprint density at radius 1 is 1.33 bits per heavy atom. The second kappa shape index (κ2) is 9.50. The van der Waals surface area contributed by atoms with E-state index in [-0.39, 0.29) is 31.4 Å². The predicted octanol–water partition coefficient (Wildman–Crippen LogP) is 1.09. The molecule has 21 heavy (non-hydrogen) atoms. The molecule has 0 bridgehead atoms. The third-order valence-corrected chi connectivity index (χ3v) is 2.69. The minimum atomic E-state index is -0.297. The van der Waals surface area contributed by atoms with Crippen molar-refractivity contribution in [2.24, 2.45) is 0 Å². The molecule has 0 aliphatic carbocycles. The van der Waals surface area contributed by atoms with Gasteiger partial charge in [-0.3, -0.25) is 14.5 Å². The summed E-state index contributed by atoms with van der Waals surface area (Å²) in [5.41, 5.74) is 0.677. The fraction of sp³-hybridized carbons (Fsp3) is 0.400. The van der Waals surface area contributed by atoms with Gasteiger partial charge in [0.2, 0.25) is 5.91 Å². The Labute approximate surface area is 124 Å². The van der Waals surface area contributed by atoms with E-state index in [9.17, 15) is 9.59 Å². The van der Waals surface area contributed by atoms with Gasteiger partial charge in [0.05, 0.1) is 25.6 Å². The van der Waals surface area contributed by atoms with Crippen LogP contribution in [0.4, 0.5) is 5.69 Å². The number of ether oxygens (including phenoxy) is 1. The van der Waals surface area contributed by atoms with Gasteiger partial charge in [0.15, 0.2) is 0 Å². The fourth-order valence-corrected chi connectivity index (χ4v) is 1.72. The topological polar surface area (TPSA) is 82.4 Å². The van der Waals surface area contributed by atoms with Crippen LogP contribution >= 0.6 is 0 Å². The Bertz CT molecular complexity index is 497. The van der Waals surface area contributed by atoms with Gasteiger partial charge >= 0.3 is 5.97 Å². The lowest BCUT2D eigenvalue weighted by molar-refractivity contribution is -0.143. The number of hydrogen-bond donors (Lipinski definition) is 1. The van der Waals surface area contributed by atoms with Crippen LogP contribution in [0.15, 0.2) is 30.3 Å². The molecule has 0 heterocycles. The third kappa shape index (κ3) is 6.06. The van der Waals surface area contributed by atoms with Crippen LogP contribution in [-0.4, -0.2) is 38.1 Å². The van der Waals surface area contributed by atoms with Gasteiger partial charge in [0.1, 0.15) is 6.54 Å². The minimum absolute atomic E-state index is 0.0115. The Balaban J connectivity index is 2.44. The summed E-state index contributed by atoms with van der Waals surface area (Å²) < 4.78 is 4.79. The van der Waals surface area contributed by atoms with Crippen molar-refractivity contribution in [1.82, 2.24) is 5.32 Å². The van der Waals surface area contributed by atoms with E-state index in [0.29, 0.717) is 18.8 Å². The smallest absolute Gasteiger partial charge is 0.307 e. The second-order valence-electron chi connectivity index (χ2n) is 4.21. The summed E-state index contributed by atoms with van der Waals surface area (Å²) in [5, 5.41) is 11.7. The number of carbonyl (C=O) groups excluding carboxylic acids is 2. The highest BCUT2D eigenvalue weighted by Gasteiger charge is 2.14. The molecule has 0 aliphatic heterocycles. The molecular formula is C15H19N3O3. The lowest BCUT2D eigenvalue weighted by Gasteiger charge is -2.19. The molecule has 0 atom stereocenters. The van der Waals surface area contributed by atoms with Crippen LogP contribution < -0.4 is 10.2 Å². The van der Waals surface area contributed by atoms with Gasteiger partial charge in [0, 0.05) is 12.2 Å². The molecule has 1 aromatic rings. The number of esters is 1. The first-order valence-corrected chi connectivity index (χ1v) is 6.77. The van der Waals surface area contributed by atoms with Crippen molar-refractivity contribution in [2.45, 2.75) is 13.3 Å². The number of rotatable bonds is 8. The highest BCUT2D eigenvalue weighted by molar-refractivity contribution is 5.95. The first-order chi connectivity index (χ1) is 10.2. The van der Waals surface area contributed by atoms with Crippen molar-refractivity contribution < 1.29 is 14.3 Å². The Hall–Kier alpha value is -2.39. The normalized spacial score (nSPS) is 9.71. The summed E-state index contributed by atoms with van der Waals surface area (Å²) in [7, 11) is 0. The number of amides is 1. The van der Waals surface area contributed by atoms with Crippen molar-refractivity contribution in [3.8, 4) is 6.07 Å². The first kappa shape index (κ1) is 16.7. The van der Waals surface area contributed by atoms with E-state index in [2.05, 4.69) is 5.32 Å². The van der Waals surface area contributed by atoms with E-state index in [4.69, 9.17) is 10.00 Å². The number of nitriles is 1. The predicted molar refractivity (Wildman–Crippen MR) is 78.5 cm³/mol. The molecule has 1 amide bonds. The molecule has 6 nitrogen and oxygen atoms in total. The van der Waals surface area contributed by atoms with Gasteiger partial charge in [-0.1, -0.05) is 18.2 Å². The molecule has 0 saturated carbocycles. The lowest BCUT2D eigenvalue weighted by Crippen LogP contribution is -2.39. The van der Waals surface area contributed by atoms with Crippen LogP contribution in [0.3, 0.4) is 0 Å². The molecule has 6 heteroatoms. The quantitative estimate of drug-likeness (QED) is 0.440. The molecule has 0 aliphatic rings. The van der Waals surface area contributed by atoms with Crippen LogP contribution in [0.25, 0.3) is 0 Å². The minimum Gasteiger partial charge on any atom is -0.466 e. The van der Waals surface area contributed by atoms with E-state index in [1.54, 1.807) is 31.2 Å². The average molecular weight is 289 g/mol. The maximum Gasteiger partial charge on any atom is 0.307 e. The van der Waals surface area contributed by atoms with E-state index in [0.717, 1.165) is 0 Å². The van der Waals surface area contributed by atoms with Gasteiger partial charge in [-0.25, -0.2) is 0 Å². The van der Waals surface area contributed by atoms with Crippen molar-refractivity contribution in [3.05, 3.63) is 30.3 Å². The molecule has 112 valence electrons. The number of carbonyl (C=O) groups is 2. The molecule has 0 spiro atoms. The van der Waals surface area contributed by atoms with Crippen LogP contribution in [0.2, 0.25) is 0 Å². The maximum absolute atomic E-state index is 12.1. The molecule has 0 fully saturated rings. The summed E-state index contributed by atoms with van der Waals surface area (Å²) in [6, 6.07) is 11.0. The number of nitrogens with one attached hydrogen (secondary N) is 1. The van der Waals surface area contributed by atoms with Gasteiger partial charge in [-0.15, -0.1) is 0 Å². The zero-order valence-electron chi connectivity index (χ0n) is 12.0. The van der Waals surface area contributed by atoms with Gasteiger partial charge in [0.25, 0.3) is 0 Å². The van der Waals surface area contributed by atoms with E-state index in [1.807, 2.05) is 12.1 Å². The van der Waals surface area contributed by atoms with Crippen LogP contribution in [0.1, 0.15) is 13.3 Å². The Kier molecular flexibility index (Phi) is 7.54. The largest absolute Gasteiger partial charge is 0.466 e. The Morgan fingerprint density at radius 3 is 2.67 bits per heavy atom. The van der Waals surface area contributed by atoms with Crippen molar-refractivity contribution in [3.63, 3.8) is 0 Å². The highest BCUT2D eigenvalue weighted by atomic mass is 16.5. The zero-order chi connectivity index (χ0) is 15.5. The average Bonchev–Trinajstić information content (AvgIpc) is 2.50. The third-order valence-electron chi connectivity index (χ3n) is 2.69. The molecule has 0 saturated heterocycles. The monoisotopic (exact) mass is 289 g/mol. The lowest BCUT2D eigenvalue weighted by atomic mass is 10.3. The van der Waals surface area contributed by atoms with Crippen LogP contribution in [0, 0.1) is 11.3 Å². The zero-order valence-corrected chi connectivity index (χ0v) is 12.0. The molecule has 1 aromatic carbocycles. The number of para-hydroxylation sites is 1. The van der Waals surface area contributed by atoms with Crippen molar-refractivity contribution >= 4 is 17.6 Å². The SMILES string of the molecule is CCOC(=O)CCNCC(=O)N(CC#N)c1ccccc1. The molecule has 0 aromatic heterocycles. The second-order valence-corrected chi connectivity index (χ2v) is 4.21. The number of nitrogens with zero attached hydrogens (tertiary/aromatic N) is 2.